The molecule has 0 unspecified atom stereocenters. The lowest BCUT2D eigenvalue weighted by Crippen LogP contribution is -2.42. The van der Waals surface area contributed by atoms with Gasteiger partial charge in [-0.2, -0.15) is 0 Å². The molecule has 170 valence electrons. The highest BCUT2D eigenvalue weighted by Crippen LogP contribution is 2.41. The molecule has 1 amide bonds. The minimum absolute atomic E-state index is 0.0679. The zero-order chi connectivity index (χ0) is 22.2. The van der Waals surface area contributed by atoms with E-state index in [1.54, 1.807) is 38.5 Å². The van der Waals surface area contributed by atoms with E-state index in [1.165, 1.54) is 0 Å². The Morgan fingerprint density at radius 3 is 2.50 bits per heavy atom. The van der Waals surface area contributed by atoms with E-state index in [-0.39, 0.29) is 30.6 Å². The number of ether oxygens (including phenoxy) is 5. The third-order valence-corrected chi connectivity index (χ3v) is 6.64. The van der Waals surface area contributed by atoms with Crippen LogP contribution in [-0.4, -0.2) is 62.2 Å². The highest BCUT2D eigenvalue weighted by Gasteiger charge is 2.44. The Morgan fingerprint density at radius 1 is 0.969 bits per heavy atom. The molecular formula is C24H27NO7. The first kappa shape index (κ1) is 20.8. The Labute approximate surface area is 186 Å². The number of carbonyl (C=O) groups excluding carboxylic acids is 1. The van der Waals surface area contributed by atoms with Gasteiger partial charge in [0.1, 0.15) is 23.4 Å². The molecule has 3 aliphatic rings. The molecule has 32 heavy (non-hydrogen) atoms. The topological polar surface area (TPSA) is 86.7 Å². The second-order valence-corrected chi connectivity index (χ2v) is 8.51. The zero-order valence-corrected chi connectivity index (χ0v) is 18.2. The van der Waals surface area contributed by atoms with Crippen molar-refractivity contribution in [3.8, 4) is 28.7 Å². The number of hydrogen-bond donors (Lipinski definition) is 1. The summed E-state index contributed by atoms with van der Waals surface area (Å²) in [6, 6.07) is 10.7. The summed E-state index contributed by atoms with van der Waals surface area (Å²) in [6.07, 6.45) is 0.363. The summed E-state index contributed by atoms with van der Waals surface area (Å²) in [5, 5.41) is 10.7. The van der Waals surface area contributed by atoms with Crippen LogP contribution >= 0.6 is 0 Å². The number of benzene rings is 2. The molecule has 8 nitrogen and oxygen atoms in total. The minimum atomic E-state index is -0.591. The van der Waals surface area contributed by atoms with Crippen molar-refractivity contribution in [3.05, 3.63) is 42.0 Å². The summed E-state index contributed by atoms with van der Waals surface area (Å²) in [4.78, 5) is 15.1. The van der Waals surface area contributed by atoms with Crippen molar-refractivity contribution in [2.75, 3.05) is 34.1 Å². The van der Waals surface area contributed by atoms with Crippen molar-refractivity contribution >= 4 is 5.91 Å². The first-order valence-corrected chi connectivity index (χ1v) is 10.8. The molecular weight excluding hydrogens is 414 g/mol. The molecule has 5 rings (SSSR count). The van der Waals surface area contributed by atoms with Crippen LogP contribution < -0.4 is 23.7 Å². The van der Waals surface area contributed by atoms with Gasteiger partial charge in [0, 0.05) is 25.2 Å². The van der Waals surface area contributed by atoms with E-state index in [0.717, 1.165) is 0 Å². The van der Waals surface area contributed by atoms with Crippen molar-refractivity contribution in [2.24, 2.45) is 11.8 Å². The van der Waals surface area contributed by atoms with Crippen LogP contribution in [0.25, 0.3) is 0 Å². The van der Waals surface area contributed by atoms with E-state index in [1.807, 2.05) is 17.0 Å². The maximum Gasteiger partial charge on any atom is 0.257 e. The summed E-state index contributed by atoms with van der Waals surface area (Å²) < 4.78 is 27.5. The number of aliphatic hydroxyl groups excluding tert-OH is 1. The van der Waals surface area contributed by atoms with E-state index in [4.69, 9.17) is 23.7 Å². The number of fused-ring (bicyclic) bond motifs is 2. The second-order valence-electron chi connectivity index (χ2n) is 8.51. The van der Waals surface area contributed by atoms with Crippen molar-refractivity contribution in [1.82, 2.24) is 4.90 Å². The molecule has 1 N–H and O–H groups in total. The van der Waals surface area contributed by atoms with Crippen LogP contribution in [0.5, 0.6) is 28.7 Å². The standard InChI is InChI=1S/C24H27NO7/c1-28-16-3-5-18(21(9-16)29-2)24(27)25-11-14-7-19(26)22(8-15(14)12-25)32-17-4-6-20-23(10-17)31-13-30-20/h3-6,9-10,14-15,19,22,26H,7-8,11-13H2,1-2H3/t14-,15+,19+,22+/m0/s1. The monoisotopic (exact) mass is 441 g/mol. The zero-order valence-electron chi connectivity index (χ0n) is 18.2. The van der Waals surface area contributed by atoms with Crippen molar-refractivity contribution in [1.29, 1.82) is 0 Å². The molecule has 1 aliphatic carbocycles. The number of amides is 1. The predicted octanol–water partition coefficient (Wildman–Crippen LogP) is 2.72. The number of nitrogens with zero attached hydrogens (tertiary/aromatic N) is 1. The van der Waals surface area contributed by atoms with Gasteiger partial charge in [0.25, 0.3) is 5.91 Å². The van der Waals surface area contributed by atoms with Crippen molar-refractivity contribution < 1.29 is 33.6 Å². The molecule has 0 radical (unpaired) electrons. The Kier molecular flexibility index (Phi) is 5.46. The van der Waals surface area contributed by atoms with Crippen LogP contribution in [0.4, 0.5) is 0 Å². The van der Waals surface area contributed by atoms with Crippen LogP contribution in [0.15, 0.2) is 36.4 Å². The average molecular weight is 441 g/mol. The lowest BCUT2D eigenvalue weighted by Gasteiger charge is -2.35. The van der Waals surface area contributed by atoms with Gasteiger partial charge in [-0.25, -0.2) is 0 Å². The fourth-order valence-corrected chi connectivity index (χ4v) is 4.95. The normalized spacial score (nSPS) is 25.9. The summed E-state index contributed by atoms with van der Waals surface area (Å²) in [5.74, 6) is 3.57. The van der Waals surface area contributed by atoms with Gasteiger partial charge in [0.15, 0.2) is 11.5 Å². The van der Waals surface area contributed by atoms with E-state index >= 15 is 0 Å². The Hall–Kier alpha value is -3.13. The molecule has 0 spiro atoms. The average Bonchev–Trinajstić information content (AvgIpc) is 3.44. The Bertz CT molecular complexity index is 1010. The van der Waals surface area contributed by atoms with Gasteiger partial charge < -0.3 is 33.7 Å². The number of hydrogen-bond acceptors (Lipinski definition) is 7. The minimum Gasteiger partial charge on any atom is -0.497 e. The number of aliphatic hydroxyl groups is 1. The molecule has 2 fully saturated rings. The Morgan fingerprint density at radius 2 is 1.72 bits per heavy atom. The molecule has 1 saturated heterocycles. The van der Waals surface area contributed by atoms with Crippen LogP contribution in [0.2, 0.25) is 0 Å². The van der Waals surface area contributed by atoms with Crippen molar-refractivity contribution in [2.45, 2.75) is 25.0 Å². The molecule has 0 aromatic heterocycles. The molecule has 2 aliphatic heterocycles. The number of rotatable bonds is 5. The van der Waals surface area contributed by atoms with Gasteiger partial charge in [0.2, 0.25) is 6.79 Å². The summed E-state index contributed by atoms with van der Waals surface area (Å²) >= 11 is 0. The fourth-order valence-electron chi connectivity index (χ4n) is 4.95. The van der Waals surface area contributed by atoms with Crippen LogP contribution in [0, 0.1) is 11.8 Å². The SMILES string of the molecule is COc1ccc(C(=O)N2C[C@H]3C[C@@H](Oc4ccc5c(c4)OCO5)[C@H](O)C[C@H]3C2)c(OC)c1. The highest BCUT2D eigenvalue weighted by molar-refractivity contribution is 5.97. The molecule has 1 saturated carbocycles. The van der Waals surface area contributed by atoms with Gasteiger partial charge in [-0.1, -0.05) is 0 Å². The summed E-state index contributed by atoms with van der Waals surface area (Å²) in [5.41, 5.74) is 0.514. The number of methoxy groups -OCH3 is 2. The fraction of sp³-hybridized carbons (Fsp3) is 0.458. The van der Waals surface area contributed by atoms with Gasteiger partial charge in [-0.3, -0.25) is 4.79 Å². The molecule has 2 aromatic rings. The third-order valence-electron chi connectivity index (χ3n) is 6.64. The number of carbonyl (C=O) groups is 1. The maximum atomic E-state index is 13.2. The van der Waals surface area contributed by atoms with E-state index in [2.05, 4.69) is 0 Å². The quantitative estimate of drug-likeness (QED) is 0.764. The van der Waals surface area contributed by atoms with Gasteiger partial charge in [-0.05, 0) is 48.9 Å². The molecule has 4 atom stereocenters. The van der Waals surface area contributed by atoms with E-state index in [9.17, 15) is 9.90 Å². The van der Waals surface area contributed by atoms with Gasteiger partial charge in [-0.15, -0.1) is 0 Å². The van der Waals surface area contributed by atoms with E-state index < -0.39 is 6.10 Å². The summed E-state index contributed by atoms with van der Waals surface area (Å²) in [6.45, 7) is 1.45. The van der Waals surface area contributed by atoms with E-state index in [0.29, 0.717) is 60.2 Å². The molecule has 2 aromatic carbocycles. The maximum absolute atomic E-state index is 13.2. The van der Waals surface area contributed by atoms with Crippen LogP contribution in [0.3, 0.4) is 0 Å². The molecule has 8 heteroatoms. The smallest absolute Gasteiger partial charge is 0.257 e. The van der Waals surface area contributed by atoms with Gasteiger partial charge >= 0.3 is 0 Å². The Balaban J connectivity index is 1.26. The largest absolute Gasteiger partial charge is 0.497 e. The first-order chi connectivity index (χ1) is 15.6. The highest BCUT2D eigenvalue weighted by atomic mass is 16.7. The van der Waals surface area contributed by atoms with Gasteiger partial charge in [0.05, 0.1) is 25.9 Å². The number of likely N-dealkylation sites (tertiary alicyclic amines) is 1. The second kappa shape index (κ2) is 8.43. The van der Waals surface area contributed by atoms with Crippen LogP contribution in [-0.2, 0) is 0 Å². The summed E-state index contributed by atoms with van der Waals surface area (Å²) in [7, 11) is 3.12. The first-order valence-electron chi connectivity index (χ1n) is 10.8. The third kappa shape index (κ3) is 3.79. The molecule has 2 heterocycles. The van der Waals surface area contributed by atoms with Crippen molar-refractivity contribution in [3.63, 3.8) is 0 Å². The lowest BCUT2D eigenvalue weighted by atomic mass is 9.78. The van der Waals surface area contributed by atoms with Crippen LogP contribution in [0.1, 0.15) is 23.2 Å². The lowest BCUT2D eigenvalue weighted by molar-refractivity contribution is -0.0232. The predicted molar refractivity (Wildman–Crippen MR) is 115 cm³/mol. The molecule has 0 bridgehead atoms.